The van der Waals surface area contributed by atoms with Crippen LogP contribution in [0.15, 0.2) is 12.7 Å². The van der Waals surface area contributed by atoms with Crippen molar-refractivity contribution in [3.8, 4) is 0 Å². The van der Waals surface area contributed by atoms with Crippen molar-refractivity contribution in [1.82, 2.24) is 0 Å². The van der Waals surface area contributed by atoms with Gasteiger partial charge in [-0.1, -0.05) is 6.08 Å². The molecular formula is C13H22O4. The number of rotatable bonds is 6. The van der Waals surface area contributed by atoms with Gasteiger partial charge < -0.3 is 18.9 Å². The van der Waals surface area contributed by atoms with Crippen molar-refractivity contribution in [3.05, 3.63) is 12.7 Å². The maximum absolute atomic E-state index is 5.87. The lowest BCUT2D eigenvalue weighted by atomic mass is 10.1. The minimum absolute atomic E-state index is 0.0784. The van der Waals surface area contributed by atoms with Gasteiger partial charge in [-0.15, -0.1) is 6.58 Å². The van der Waals surface area contributed by atoms with Crippen LogP contribution >= 0.6 is 0 Å². The summed E-state index contributed by atoms with van der Waals surface area (Å²) in [5, 5.41) is 0. The first-order valence-electron chi connectivity index (χ1n) is 6.47. The average molecular weight is 242 g/mol. The Morgan fingerprint density at radius 1 is 1.29 bits per heavy atom. The van der Waals surface area contributed by atoms with Crippen molar-refractivity contribution in [3.63, 3.8) is 0 Å². The Hall–Kier alpha value is -0.420. The van der Waals surface area contributed by atoms with Crippen molar-refractivity contribution in [2.45, 2.75) is 44.2 Å². The van der Waals surface area contributed by atoms with E-state index in [0.717, 1.165) is 38.9 Å². The summed E-state index contributed by atoms with van der Waals surface area (Å²) in [5.74, 6) is 0. The van der Waals surface area contributed by atoms with Gasteiger partial charge in [0.2, 0.25) is 0 Å². The Kier molecular flexibility index (Phi) is 5.45. The molecule has 2 saturated heterocycles. The molecule has 4 nitrogen and oxygen atoms in total. The topological polar surface area (TPSA) is 36.9 Å². The summed E-state index contributed by atoms with van der Waals surface area (Å²) in [7, 11) is 0. The number of fused-ring (bicyclic) bond motifs is 1. The SMILES string of the molecule is C=CCOCCCC1OC[C@H]2OCCC[C@@H]2O1. The molecule has 1 unspecified atom stereocenters. The van der Waals surface area contributed by atoms with Gasteiger partial charge in [0.05, 0.1) is 19.3 Å². The van der Waals surface area contributed by atoms with E-state index in [9.17, 15) is 0 Å². The Morgan fingerprint density at radius 2 is 2.24 bits per heavy atom. The van der Waals surface area contributed by atoms with E-state index in [1.54, 1.807) is 6.08 Å². The normalized spacial score (nSPS) is 33.1. The fourth-order valence-corrected chi connectivity index (χ4v) is 2.23. The number of hydrogen-bond donors (Lipinski definition) is 0. The first-order valence-corrected chi connectivity index (χ1v) is 6.47. The standard InChI is InChI=1S/C13H22O4/c1-2-7-14-8-4-6-13-16-10-12-11(17-13)5-3-9-15-12/h2,11-13H,1,3-10H2/t11-,12+,13?/m0/s1. The summed E-state index contributed by atoms with van der Waals surface area (Å²) in [6.07, 6.45) is 6.10. The molecule has 0 bridgehead atoms. The van der Waals surface area contributed by atoms with Crippen LogP contribution in [0.2, 0.25) is 0 Å². The van der Waals surface area contributed by atoms with Crippen LogP contribution in [-0.2, 0) is 18.9 Å². The van der Waals surface area contributed by atoms with Gasteiger partial charge in [0.25, 0.3) is 0 Å². The molecule has 4 heteroatoms. The summed E-state index contributed by atoms with van der Waals surface area (Å²) in [6.45, 7) is 6.47. The Labute approximate surface area is 103 Å². The highest BCUT2D eigenvalue weighted by Gasteiger charge is 2.34. The zero-order chi connectivity index (χ0) is 11.9. The highest BCUT2D eigenvalue weighted by Crippen LogP contribution is 2.25. The van der Waals surface area contributed by atoms with E-state index in [4.69, 9.17) is 18.9 Å². The largest absolute Gasteiger partial charge is 0.377 e. The van der Waals surface area contributed by atoms with Gasteiger partial charge in [0, 0.05) is 19.6 Å². The van der Waals surface area contributed by atoms with Gasteiger partial charge in [-0.3, -0.25) is 0 Å². The van der Waals surface area contributed by atoms with Crippen LogP contribution in [0.4, 0.5) is 0 Å². The summed E-state index contributed by atoms with van der Waals surface area (Å²) in [5.41, 5.74) is 0. The maximum Gasteiger partial charge on any atom is 0.158 e. The van der Waals surface area contributed by atoms with Crippen LogP contribution in [0.3, 0.4) is 0 Å². The quantitative estimate of drug-likeness (QED) is 0.526. The lowest BCUT2D eigenvalue weighted by Crippen LogP contribution is -2.47. The van der Waals surface area contributed by atoms with E-state index in [-0.39, 0.29) is 18.5 Å². The molecule has 2 aliphatic heterocycles. The van der Waals surface area contributed by atoms with Crippen LogP contribution in [0.1, 0.15) is 25.7 Å². The van der Waals surface area contributed by atoms with Gasteiger partial charge in [-0.2, -0.15) is 0 Å². The molecule has 0 aromatic rings. The Balaban J connectivity index is 1.60. The van der Waals surface area contributed by atoms with E-state index >= 15 is 0 Å². The van der Waals surface area contributed by atoms with Gasteiger partial charge in [-0.05, 0) is 19.3 Å². The second-order valence-electron chi connectivity index (χ2n) is 4.49. The molecule has 2 heterocycles. The lowest BCUT2D eigenvalue weighted by Gasteiger charge is -2.39. The number of ether oxygens (including phenoxy) is 4. The minimum atomic E-state index is -0.0784. The van der Waals surface area contributed by atoms with E-state index in [1.165, 1.54) is 0 Å². The smallest absolute Gasteiger partial charge is 0.158 e. The van der Waals surface area contributed by atoms with Crippen molar-refractivity contribution in [2.75, 3.05) is 26.4 Å². The predicted octanol–water partition coefficient (Wildman–Crippen LogP) is 1.89. The predicted molar refractivity (Wildman–Crippen MR) is 63.8 cm³/mol. The van der Waals surface area contributed by atoms with Crippen LogP contribution in [-0.4, -0.2) is 44.9 Å². The van der Waals surface area contributed by atoms with Crippen molar-refractivity contribution in [2.24, 2.45) is 0 Å². The average Bonchev–Trinajstić information content (AvgIpc) is 2.38. The molecule has 3 atom stereocenters. The molecule has 98 valence electrons. The fraction of sp³-hybridized carbons (Fsp3) is 0.846. The van der Waals surface area contributed by atoms with Crippen LogP contribution < -0.4 is 0 Å². The molecule has 0 spiro atoms. The van der Waals surface area contributed by atoms with Crippen molar-refractivity contribution in [1.29, 1.82) is 0 Å². The number of hydrogen-bond acceptors (Lipinski definition) is 4. The van der Waals surface area contributed by atoms with E-state index in [0.29, 0.717) is 13.2 Å². The van der Waals surface area contributed by atoms with E-state index in [2.05, 4.69) is 6.58 Å². The molecular weight excluding hydrogens is 220 g/mol. The molecule has 0 amide bonds. The molecule has 0 saturated carbocycles. The summed E-state index contributed by atoms with van der Waals surface area (Å²) in [6, 6.07) is 0. The second-order valence-corrected chi connectivity index (χ2v) is 4.49. The molecule has 2 aliphatic rings. The molecule has 0 aromatic carbocycles. The molecule has 17 heavy (non-hydrogen) atoms. The highest BCUT2D eigenvalue weighted by molar-refractivity contribution is 4.78. The first-order chi connectivity index (χ1) is 8.40. The minimum Gasteiger partial charge on any atom is -0.377 e. The van der Waals surface area contributed by atoms with Crippen LogP contribution in [0.5, 0.6) is 0 Å². The summed E-state index contributed by atoms with van der Waals surface area (Å²) in [4.78, 5) is 0. The third kappa shape index (κ3) is 4.07. The first kappa shape index (κ1) is 13.0. The highest BCUT2D eigenvalue weighted by atomic mass is 16.7. The van der Waals surface area contributed by atoms with Gasteiger partial charge in [0.1, 0.15) is 6.10 Å². The van der Waals surface area contributed by atoms with E-state index < -0.39 is 0 Å². The van der Waals surface area contributed by atoms with Gasteiger partial charge >= 0.3 is 0 Å². The van der Waals surface area contributed by atoms with Gasteiger partial charge in [0.15, 0.2) is 6.29 Å². The molecule has 0 aromatic heterocycles. The molecule has 2 fully saturated rings. The van der Waals surface area contributed by atoms with Crippen molar-refractivity contribution >= 4 is 0 Å². The molecule has 0 N–H and O–H groups in total. The third-order valence-corrected chi connectivity index (χ3v) is 3.12. The second kappa shape index (κ2) is 7.11. The zero-order valence-corrected chi connectivity index (χ0v) is 10.3. The maximum atomic E-state index is 5.87. The van der Waals surface area contributed by atoms with Crippen LogP contribution in [0, 0.1) is 0 Å². The molecule has 0 aliphatic carbocycles. The fourth-order valence-electron chi connectivity index (χ4n) is 2.23. The monoisotopic (exact) mass is 242 g/mol. The lowest BCUT2D eigenvalue weighted by molar-refractivity contribution is -0.275. The third-order valence-electron chi connectivity index (χ3n) is 3.12. The Morgan fingerprint density at radius 3 is 3.12 bits per heavy atom. The summed E-state index contributed by atoms with van der Waals surface area (Å²) < 4.78 is 22.4. The molecule has 0 radical (unpaired) electrons. The van der Waals surface area contributed by atoms with Crippen LogP contribution in [0.25, 0.3) is 0 Å². The molecule has 2 rings (SSSR count). The summed E-state index contributed by atoms with van der Waals surface area (Å²) >= 11 is 0. The Bertz CT molecular complexity index is 231. The van der Waals surface area contributed by atoms with E-state index in [1.807, 2.05) is 0 Å². The zero-order valence-electron chi connectivity index (χ0n) is 10.3. The van der Waals surface area contributed by atoms with Gasteiger partial charge in [-0.25, -0.2) is 0 Å². The van der Waals surface area contributed by atoms with Crippen molar-refractivity contribution < 1.29 is 18.9 Å².